The number of hydrogen-bond donors (Lipinski definition) is 0. The highest BCUT2D eigenvalue weighted by Crippen LogP contribution is 2.32. The Morgan fingerprint density at radius 2 is 1.74 bits per heavy atom. The molecule has 0 N–H and O–H groups in total. The molecule has 0 saturated carbocycles. The number of ketones is 2. The highest BCUT2D eigenvalue weighted by molar-refractivity contribution is 6.04. The third-order valence-corrected chi connectivity index (χ3v) is 4.89. The molecule has 0 amide bonds. The second-order valence-corrected chi connectivity index (χ2v) is 6.71. The van der Waals surface area contributed by atoms with Gasteiger partial charge in [-0.05, 0) is 19.1 Å². The average Bonchev–Trinajstić information content (AvgIpc) is 2.99. The fourth-order valence-corrected chi connectivity index (χ4v) is 3.54. The zero-order chi connectivity index (χ0) is 19.7. The number of aromatic nitrogens is 1. The number of hydrogen-bond acceptors (Lipinski definition) is 5. The zero-order valence-electron chi connectivity index (χ0n) is 15.9. The number of carbonyl (C=O) groups is 3. The van der Waals surface area contributed by atoms with Gasteiger partial charge in [0.1, 0.15) is 0 Å². The van der Waals surface area contributed by atoms with Gasteiger partial charge in [-0.2, -0.15) is 0 Å². The standard InChI is InChI=1S/C21H22N2O4/c1-13(24)16-11-22(2)12-17(21(26)27-4)15(16)10-20(25)19-9-14-7-5-6-8-18(14)23(19)3/h5-9,11-12,15H,10H2,1-4H3. The van der Waals surface area contributed by atoms with Gasteiger partial charge in [-0.15, -0.1) is 0 Å². The van der Waals surface area contributed by atoms with Crippen LogP contribution >= 0.6 is 0 Å². The molecule has 1 aliphatic heterocycles. The SMILES string of the molecule is COC(=O)C1=CN(C)C=C(C(C)=O)C1CC(=O)c1cc2ccccc2n1C. The Balaban J connectivity index is 1.98. The van der Waals surface area contributed by atoms with E-state index in [0.29, 0.717) is 16.8 Å². The minimum atomic E-state index is -0.628. The van der Waals surface area contributed by atoms with Crippen molar-refractivity contribution >= 4 is 28.4 Å². The number of esters is 1. The van der Waals surface area contributed by atoms with Crippen molar-refractivity contribution in [3.63, 3.8) is 0 Å². The van der Waals surface area contributed by atoms with Crippen molar-refractivity contribution < 1.29 is 19.1 Å². The van der Waals surface area contributed by atoms with Crippen molar-refractivity contribution in [3.8, 4) is 0 Å². The number of allylic oxidation sites excluding steroid dienone is 1. The predicted molar refractivity (Wildman–Crippen MR) is 102 cm³/mol. The van der Waals surface area contributed by atoms with E-state index in [1.54, 1.807) is 24.3 Å². The Morgan fingerprint density at radius 1 is 1.07 bits per heavy atom. The topological polar surface area (TPSA) is 68.6 Å². The first-order chi connectivity index (χ1) is 12.8. The predicted octanol–water partition coefficient (Wildman–Crippen LogP) is 2.84. The molecule has 0 fully saturated rings. The number of aryl methyl sites for hydroxylation is 1. The minimum Gasteiger partial charge on any atom is -0.466 e. The number of methoxy groups -OCH3 is 1. The molecule has 1 aliphatic rings. The summed E-state index contributed by atoms with van der Waals surface area (Å²) in [7, 11) is 4.86. The highest BCUT2D eigenvalue weighted by atomic mass is 16.5. The quantitative estimate of drug-likeness (QED) is 0.601. The normalized spacial score (nSPS) is 16.7. The highest BCUT2D eigenvalue weighted by Gasteiger charge is 2.33. The van der Waals surface area contributed by atoms with Crippen LogP contribution in [0.1, 0.15) is 23.8 Å². The van der Waals surface area contributed by atoms with E-state index in [1.165, 1.54) is 14.0 Å². The summed E-state index contributed by atoms with van der Waals surface area (Å²) in [6.07, 6.45) is 3.29. The van der Waals surface area contributed by atoms with E-state index < -0.39 is 11.9 Å². The van der Waals surface area contributed by atoms with Gasteiger partial charge in [0.05, 0.1) is 18.4 Å². The van der Waals surface area contributed by atoms with E-state index in [-0.39, 0.29) is 18.0 Å². The van der Waals surface area contributed by atoms with Crippen LogP contribution in [0.4, 0.5) is 0 Å². The Labute approximate surface area is 157 Å². The Kier molecular flexibility index (Phi) is 4.99. The van der Waals surface area contributed by atoms with Crippen LogP contribution in [0.5, 0.6) is 0 Å². The van der Waals surface area contributed by atoms with E-state index in [2.05, 4.69) is 0 Å². The molecule has 0 spiro atoms. The van der Waals surface area contributed by atoms with Crippen LogP contribution in [-0.2, 0) is 21.4 Å². The number of carbonyl (C=O) groups excluding carboxylic acids is 3. The third kappa shape index (κ3) is 3.43. The Hall–Kier alpha value is -3.15. The van der Waals surface area contributed by atoms with E-state index in [1.807, 2.05) is 41.9 Å². The number of benzene rings is 1. The van der Waals surface area contributed by atoms with Crippen molar-refractivity contribution in [2.24, 2.45) is 13.0 Å². The first kappa shape index (κ1) is 18.6. The molecule has 1 atom stereocenters. The monoisotopic (exact) mass is 366 g/mol. The molecular formula is C21H22N2O4. The van der Waals surface area contributed by atoms with Crippen LogP contribution in [0.3, 0.4) is 0 Å². The van der Waals surface area contributed by atoms with Crippen LogP contribution in [0.2, 0.25) is 0 Å². The average molecular weight is 366 g/mol. The number of ether oxygens (including phenoxy) is 1. The van der Waals surface area contributed by atoms with Gasteiger partial charge in [-0.25, -0.2) is 4.79 Å². The molecule has 1 aromatic carbocycles. The number of rotatable bonds is 5. The van der Waals surface area contributed by atoms with Crippen molar-refractivity contribution in [1.29, 1.82) is 0 Å². The van der Waals surface area contributed by atoms with Crippen LogP contribution in [-0.4, -0.2) is 41.2 Å². The van der Waals surface area contributed by atoms with Crippen molar-refractivity contribution in [3.05, 3.63) is 59.6 Å². The van der Waals surface area contributed by atoms with Crippen LogP contribution < -0.4 is 0 Å². The first-order valence-electron chi connectivity index (χ1n) is 8.65. The first-order valence-corrected chi connectivity index (χ1v) is 8.65. The van der Waals surface area contributed by atoms with Crippen LogP contribution in [0.25, 0.3) is 10.9 Å². The van der Waals surface area contributed by atoms with E-state index in [4.69, 9.17) is 4.74 Å². The van der Waals surface area contributed by atoms with Crippen LogP contribution in [0, 0.1) is 5.92 Å². The van der Waals surface area contributed by atoms with Gasteiger partial charge in [0.25, 0.3) is 0 Å². The van der Waals surface area contributed by atoms with Gasteiger partial charge in [0.2, 0.25) is 0 Å². The Bertz CT molecular complexity index is 997. The van der Waals surface area contributed by atoms with Gasteiger partial charge < -0.3 is 14.2 Å². The maximum atomic E-state index is 13.1. The molecule has 1 aromatic heterocycles. The summed E-state index contributed by atoms with van der Waals surface area (Å²) in [6, 6.07) is 9.57. The molecule has 1 unspecified atom stereocenters. The van der Waals surface area contributed by atoms with Gasteiger partial charge in [0, 0.05) is 55.3 Å². The van der Waals surface area contributed by atoms with E-state index in [0.717, 1.165) is 10.9 Å². The molecule has 6 heteroatoms. The molecule has 140 valence electrons. The minimum absolute atomic E-state index is 0.0182. The lowest BCUT2D eigenvalue weighted by Gasteiger charge is -2.27. The maximum absolute atomic E-state index is 13.1. The summed E-state index contributed by atoms with van der Waals surface area (Å²) in [6.45, 7) is 1.44. The largest absolute Gasteiger partial charge is 0.466 e. The molecule has 2 heterocycles. The molecule has 6 nitrogen and oxygen atoms in total. The number of para-hydroxylation sites is 1. The lowest BCUT2D eigenvalue weighted by atomic mass is 9.83. The fraction of sp³-hybridized carbons (Fsp3) is 0.286. The lowest BCUT2D eigenvalue weighted by molar-refractivity contribution is -0.136. The second kappa shape index (κ2) is 7.23. The second-order valence-electron chi connectivity index (χ2n) is 6.71. The zero-order valence-corrected chi connectivity index (χ0v) is 15.9. The van der Waals surface area contributed by atoms with Gasteiger partial charge >= 0.3 is 5.97 Å². The molecule has 0 aliphatic carbocycles. The van der Waals surface area contributed by atoms with Gasteiger partial charge in [-0.1, -0.05) is 18.2 Å². The van der Waals surface area contributed by atoms with Crippen molar-refractivity contribution in [1.82, 2.24) is 9.47 Å². The summed E-state index contributed by atoms with van der Waals surface area (Å²) in [5.41, 5.74) is 2.23. The van der Waals surface area contributed by atoms with Crippen molar-refractivity contribution in [2.75, 3.05) is 14.2 Å². The summed E-state index contributed by atoms with van der Waals surface area (Å²) < 4.78 is 6.71. The molecular weight excluding hydrogens is 344 g/mol. The molecule has 3 rings (SSSR count). The summed E-state index contributed by atoms with van der Waals surface area (Å²) in [4.78, 5) is 39.1. The molecule has 2 aromatic rings. The van der Waals surface area contributed by atoms with Crippen molar-refractivity contribution in [2.45, 2.75) is 13.3 Å². The maximum Gasteiger partial charge on any atom is 0.335 e. The van der Waals surface area contributed by atoms with E-state index in [9.17, 15) is 14.4 Å². The summed E-state index contributed by atoms with van der Waals surface area (Å²) >= 11 is 0. The number of Topliss-reactive ketones (excluding diaryl/α,β-unsaturated/α-hetero) is 2. The smallest absolute Gasteiger partial charge is 0.335 e. The summed E-state index contributed by atoms with van der Waals surface area (Å²) in [5, 5.41) is 0.970. The summed E-state index contributed by atoms with van der Waals surface area (Å²) in [5.74, 6) is -1.48. The lowest BCUT2D eigenvalue weighted by Crippen LogP contribution is -2.29. The van der Waals surface area contributed by atoms with Gasteiger partial charge in [-0.3, -0.25) is 9.59 Å². The van der Waals surface area contributed by atoms with Crippen LogP contribution in [0.15, 0.2) is 53.9 Å². The molecule has 0 bridgehead atoms. The number of nitrogens with zero attached hydrogens (tertiary/aromatic N) is 2. The Morgan fingerprint density at radius 3 is 2.37 bits per heavy atom. The number of fused-ring (bicyclic) bond motifs is 1. The molecule has 0 saturated heterocycles. The van der Waals surface area contributed by atoms with Gasteiger partial charge in [0.15, 0.2) is 11.6 Å². The van der Waals surface area contributed by atoms with E-state index >= 15 is 0 Å². The third-order valence-electron chi connectivity index (χ3n) is 4.89. The molecule has 0 radical (unpaired) electrons. The molecule has 27 heavy (non-hydrogen) atoms. The fourth-order valence-electron chi connectivity index (χ4n) is 3.54.